The molecule has 1 amide bonds. The number of hydrogen-bond donors (Lipinski definition) is 2. The summed E-state index contributed by atoms with van der Waals surface area (Å²) in [7, 11) is 0. The third-order valence-corrected chi connectivity index (χ3v) is 7.90. The highest BCUT2D eigenvalue weighted by molar-refractivity contribution is 5.86. The van der Waals surface area contributed by atoms with E-state index >= 15 is 0 Å². The van der Waals surface area contributed by atoms with Crippen LogP contribution in [-0.2, 0) is 16.0 Å². The second-order valence-corrected chi connectivity index (χ2v) is 10.1. The summed E-state index contributed by atoms with van der Waals surface area (Å²) in [6.45, 7) is 0.146. The number of ether oxygens (including phenoxy) is 1. The van der Waals surface area contributed by atoms with Crippen LogP contribution in [0.4, 0.5) is 4.79 Å². The number of fused-ring (bicyclic) bond motifs is 4. The number of nitrogens with one attached hydrogen (secondary N) is 1. The van der Waals surface area contributed by atoms with E-state index in [4.69, 9.17) is 4.74 Å². The molecule has 1 aromatic heterocycles. The van der Waals surface area contributed by atoms with E-state index in [0.29, 0.717) is 6.04 Å². The normalized spacial score (nSPS) is 15.9. The molecule has 3 aromatic carbocycles. The van der Waals surface area contributed by atoms with E-state index in [1.165, 1.54) is 12.8 Å². The van der Waals surface area contributed by atoms with Gasteiger partial charge in [0.15, 0.2) is 0 Å². The first kappa shape index (κ1) is 23.3. The van der Waals surface area contributed by atoms with Gasteiger partial charge in [0.2, 0.25) is 0 Å². The first-order valence-electron chi connectivity index (χ1n) is 13.0. The number of hydrogen-bond acceptors (Lipinski definition) is 3. The summed E-state index contributed by atoms with van der Waals surface area (Å²) < 4.78 is 7.91. The highest BCUT2D eigenvalue weighted by Crippen LogP contribution is 2.44. The Labute approximate surface area is 215 Å². The summed E-state index contributed by atoms with van der Waals surface area (Å²) >= 11 is 0. The number of para-hydroxylation sites is 1. The number of amides is 1. The summed E-state index contributed by atoms with van der Waals surface area (Å²) in [5.74, 6) is -1.16. The van der Waals surface area contributed by atoms with Crippen molar-refractivity contribution >= 4 is 23.0 Å². The summed E-state index contributed by atoms with van der Waals surface area (Å²) in [5.41, 5.74) is 6.57. The van der Waals surface area contributed by atoms with Gasteiger partial charge in [-0.2, -0.15) is 0 Å². The number of aliphatic carboxylic acids is 1. The van der Waals surface area contributed by atoms with Gasteiger partial charge >= 0.3 is 12.1 Å². The molecule has 4 aromatic rings. The maximum atomic E-state index is 12.8. The zero-order valence-corrected chi connectivity index (χ0v) is 20.6. The zero-order valence-electron chi connectivity index (χ0n) is 20.6. The lowest BCUT2D eigenvalue weighted by Crippen LogP contribution is -2.42. The van der Waals surface area contributed by atoms with Gasteiger partial charge in [-0.25, -0.2) is 9.59 Å². The second kappa shape index (κ2) is 9.77. The van der Waals surface area contributed by atoms with Gasteiger partial charge in [-0.3, -0.25) is 0 Å². The molecule has 2 aliphatic carbocycles. The van der Waals surface area contributed by atoms with Crippen LogP contribution in [0.15, 0.2) is 79.0 Å². The predicted molar refractivity (Wildman–Crippen MR) is 143 cm³/mol. The molecule has 0 radical (unpaired) electrons. The third kappa shape index (κ3) is 4.37. The van der Waals surface area contributed by atoms with Crippen LogP contribution in [-0.4, -0.2) is 34.4 Å². The molecule has 2 N–H and O–H groups in total. The van der Waals surface area contributed by atoms with Crippen LogP contribution in [0.2, 0.25) is 0 Å². The van der Waals surface area contributed by atoms with Crippen molar-refractivity contribution in [2.75, 3.05) is 6.61 Å². The van der Waals surface area contributed by atoms with E-state index in [9.17, 15) is 14.7 Å². The molecule has 0 bridgehead atoms. The minimum Gasteiger partial charge on any atom is -0.480 e. The number of carboxylic acid groups (broad SMARTS) is 1. The average Bonchev–Trinajstić information content (AvgIpc) is 3.64. The first-order valence-corrected chi connectivity index (χ1v) is 13.0. The lowest BCUT2D eigenvalue weighted by atomic mass is 9.98. The molecular formula is C31H30N2O4. The molecule has 2 aliphatic rings. The van der Waals surface area contributed by atoms with Crippen LogP contribution < -0.4 is 5.32 Å². The fourth-order valence-electron chi connectivity index (χ4n) is 6.13. The molecule has 1 fully saturated rings. The van der Waals surface area contributed by atoms with Gasteiger partial charge in [0, 0.05) is 35.5 Å². The molecule has 37 heavy (non-hydrogen) atoms. The number of benzene rings is 3. The van der Waals surface area contributed by atoms with Crippen molar-refractivity contribution in [2.45, 2.75) is 50.1 Å². The Hall–Kier alpha value is -4.06. The van der Waals surface area contributed by atoms with E-state index in [-0.39, 0.29) is 18.9 Å². The van der Waals surface area contributed by atoms with Crippen molar-refractivity contribution < 1.29 is 19.4 Å². The minimum atomic E-state index is -1.08. The highest BCUT2D eigenvalue weighted by Gasteiger charge is 2.30. The number of nitrogens with zero attached hydrogens (tertiary/aromatic N) is 1. The van der Waals surface area contributed by atoms with E-state index in [0.717, 1.165) is 51.6 Å². The standard InChI is InChI=1S/C31H30N2O4/c34-30(35)28(17-20-18-33(21-9-1-2-10-21)29-16-8-7-11-22(20)29)32-31(36)37-19-27-25-14-5-3-12-23(25)24-13-4-6-15-26(24)27/h3-8,11-16,18,21,27-28H,1-2,9-10,17,19H2,(H,32,36)(H,34,35). The van der Waals surface area contributed by atoms with Crippen LogP contribution in [0.25, 0.3) is 22.0 Å². The van der Waals surface area contributed by atoms with E-state index in [1.54, 1.807) is 0 Å². The second-order valence-electron chi connectivity index (χ2n) is 10.1. The third-order valence-electron chi connectivity index (χ3n) is 7.90. The molecule has 6 heteroatoms. The van der Waals surface area contributed by atoms with Crippen LogP contribution in [0, 0.1) is 0 Å². The van der Waals surface area contributed by atoms with Gasteiger partial charge in [0.1, 0.15) is 12.6 Å². The van der Waals surface area contributed by atoms with Gasteiger partial charge in [0.25, 0.3) is 0 Å². The molecular weight excluding hydrogens is 464 g/mol. The lowest BCUT2D eigenvalue weighted by Gasteiger charge is -2.17. The lowest BCUT2D eigenvalue weighted by molar-refractivity contribution is -0.139. The Morgan fingerprint density at radius 1 is 0.919 bits per heavy atom. The monoisotopic (exact) mass is 494 g/mol. The smallest absolute Gasteiger partial charge is 0.407 e. The highest BCUT2D eigenvalue weighted by atomic mass is 16.5. The van der Waals surface area contributed by atoms with Crippen molar-refractivity contribution in [1.82, 2.24) is 9.88 Å². The van der Waals surface area contributed by atoms with Gasteiger partial charge in [-0.1, -0.05) is 79.6 Å². The molecule has 6 rings (SSSR count). The SMILES string of the molecule is O=C(NC(Cc1cn(C2CCCC2)c2ccccc12)C(=O)O)OCC1c2ccccc2-c2ccccc21. The van der Waals surface area contributed by atoms with Crippen molar-refractivity contribution in [3.63, 3.8) is 0 Å². The number of carbonyl (C=O) groups is 2. The molecule has 1 heterocycles. The largest absolute Gasteiger partial charge is 0.480 e. The minimum absolute atomic E-state index is 0.0779. The molecule has 0 spiro atoms. The van der Waals surface area contributed by atoms with E-state index in [2.05, 4.69) is 46.4 Å². The molecule has 1 unspecified atom stereocenters. The average molecular weight is 495 g/mol. The van der Waals surface area contributed by atoms with Crippen LogP contribution >= 0.6 is 0 Å². The Balaban J connectivity index is 1.17. The fraction of sp³-hybridized carbons (Fsp3) is 0.290. The van der Waals surface area contributed by atoms with Gasteiger partial charge in [0.05, 0.1) is 0 Å². The number of alkyl carbamates (subject to hydrolysis) is 1. The fourth-order valence-corrected chi connectivity index (χ4v) is 6.13. The quantitative estimate of drug-likeness (QED) is 0.316. The zero-order chi connectivity index (χ0) is 25.4. The van der Waals surface area contributed by atoms with Crippen molar-refractivity contribution in [1.29, 1.82) is 0 Å². The first-order chi connectivity index (χ1) is 18.1. The molecule has 1 atom stereocenters. The Kier molecular flexibility index (Phi) is 6.16. The summed E-state index contributed by atoms with van der Waals surface area (Å²) in [4.78, 5) is 25.0. The maximum Gasteiger partial charge on any atom is 0.407 e. The summed E-state index contributed by atoms with van der Waals surface area (Å²) in [6, 6.07) is 23.7. The van der Waals surface area contributed by atoms with Crippen LogP contribution in [0.5, 0.6) is 0 Å². The molecule has 6 nitrogen and oxygen atoms in total. The predicted octanol–water partition coefficient (Wildman–Crippen LogP) is 6.29. The molecule has 0 saturated heterocycles. The van der Waals surface area contributed by atoms with Crippen LogP contribution in [0.1, 0.15) is 54.3 Å². The van der Waals surface area contributed by atoms with E-state index in [1.807, 2.05) is 42.5 Å². The number of carboxylic acids is 1. The van der Waals surface area contributed by atoms with Crippen molar-refractivity contribution in [3.8, 4) is 11.1 Å². The Bertz CT molecular complexity index is 1420. The Morgan fingerprint density at radius 3 is 2.22 bits per heavy atom. The summed E-state index contributed by atoms with van der Waals surface area (Å²) in [5, 5.41) is 13.6. The van der Waals surface area contributed by atoms with Crippen LogP contribution in [0.3, 0.4) is 0 Å². The number of rotatable bonds is 7. The topological polar surface area (TPSA) is 80.6 Å². The molecule has 0 aliphatic heterocycles. The van der Waals surface area contributed by atoms with Gasteiger partial charge in [-0.15, -0.1) is 0 Å². The van der Waals surface area contributed by atoms with E-state index < -0.39 is 18.1 Å². The van der Waals surface area contributed by atoms with Gasteiger partial charge in [-0.05, 0) is 46.7 Å². The van der Waals surface area contributed by atoms with Crippen molar-refractivity contribution in [2.24, 2.45) is 0 Å². The summed E-state index contributed by atoms with van der Waals surface area (Å²) in [6.07, 6.45) is 6.27. The number of aromatic nitrogens is 1. The Morgan fingerprint density at radius 2 is 1.54 bits per heavy atom. The maximum absolute atomic E-state index is 12.8. The van der Waals surface area contributed by atoms with Gasteiger partial charge < -0.3 is 19.7 Å². The molecule has 1 saturated carbocycles. The van der Waals surface area contributed by atoms with Crippen molar-refractivity contribution in [3.05, 3.63) is 95.7 Å². The number of carbonyl (C=O) groups excluding carboxylic acids is 1. The molecule has 188 valence electrons.